The summed E-state index contributed by atoms with van der Waals surface area (Å²) in [5.41, 5.74) is 7.71. The molecule has 1 fully saturated rings. The minimum atomic E-state index is -0.126. The molecule has 0 unspecified atom stereocenters. The van der Waals surface area contributed by atoms with Crippen LogP contribution in [-0.4, -0.2) is 42.6 Å². The van der Waals surface area contributed by atoms with Crippen molar-refractivity contribution in [2.45, 2.75) is 39.1 Å². The summed E-state index contributed by atoms with van der Waals surface area (Å²) >= 11 is 0. The molecule has 5 heteroatoms. The van der Waals surface area contributed by atoms with Crippen LogP contribution in [0.25, 0.3) is 0 Å². The van der Waals surface area contributed by atoms with Crippen molar-refractivity contribution < 1.29 is 9.53 Å². The van der Waals surface area contributed by atoms with Crippen molar-refractivity contribution in [2.75, 3.05) is 19.6 Å². The summed E-state index contributed by atoms with van der Waals surface area (Å²) in [4.78, 5) is 13.7. The second kappa shape index (κ2) is 7.54. The fourth-order valence-electron chi connectivity index (χ4n) is 2.80. The first-order chi connectivity index (χ1) is 10.1. The molecular weight excluding hydrogens is 266 g/mol. The molecule has 2 rings (SSSR count). The van der Waals surface area contributed by atoms with E-state index in [1.807, 2.05) is 12.1 Å². The van der Waals surface area contributed by atoms with Gasteiger partial charge in [0.25, 0.3) is 0 Å². The van der Waals surface area contributed by atoms with Gasteiger partial charge >= 0.3 is 0 Å². The SMILES string of the molecule is C[C@H]1CN(Cc2ccccc2CNC(=O)CN)C[C@H](C)O1. The maximum Gasteiger partial charge on any atom is 0.234 e. The zero-order valence-corrected chi connectivity index (χ0v) is 12.8. The Balaban J connectivity index is 2.00. The fourth-order valence-corrected chi connectivity index (χ4v) is 2.80. The van der Waals surface area contributed by atoms with Gasteiger partial charge in [-0.05, 0) is 25.0 Å². The maximum absolute atomic E-state index is 11.3. The molecule has 0 spiro atoms. The van der Waals surface area contributed by atoms with Gasteiger partial charge in [-0.15, -0.1) is 0 Å². The summed E-state index contributed by atoms with van der Waals surface area (Å²) in [7, 11) is 0. The van der Waals surface area contributed by atoms with Gasteiger partial charge in [-0.25, -0.2) is 0 Å². The zero-order chi connectivity index (χ0) is 15.2. The molecular formula is C16H25N3O2. The molecule has 0 aliphatic carbocycles. The number of benzene rings is 1. The predicted octanol–water partition coefficient (Wildman–Crippen LogP) is 0.871. The second-order valence-corrected chi connectivity index (χ2v) is 5.70. The largest absolute Gasteiger partial charge is 0.373 e. The third-order valence-corrected chi connectivity index (χ3v) is 3.67. The van der Waals surface area contributed by atoms with Gasteiger partial charge in [0.1, 0.15) is 0 Å². The highest BCUT2D eigenvalue weighted by molar-refractivity contribution is 5.77. The average Bonchev–Trinajstić information content (AvgIpc) is 2.45. The smallest absolute Gasteiger partial charge is 0.234 e. The van der Waals surface area contributed by atoms with Gasteiger partial charge in [-0.3, -0.25) is 9.69 Å². The van der Waals surface area contributed by atoms with E-state index in [4.69, 9.17) is 10.5 Å². The van der Waals surface area contributed by atoms with Crippen molar-refractivity contribution in [3.05, 3.63) is 35.4 Å². The molecule has 0 saturated carbocycles. The number of ether oxygens (including phenoxy) is 1. The Labute approximate surface area is 126 Å². The van der Waals surface area contributed by atoms with E-state index in [-0.39, 0.29) is 24.7 Å². The maximum atomic E-state index is 11.3. The third kappa shape index (κ3) is 4.81. The molecule has 21 heavy (non-hydrogen) atoms. The summed E-state index contributed by atoms with van der Waals surface area (Å²) in [6.07, 6.45) is 0.524. The van der Waals surface area contributed by atoms with Crippen molar-refractivity contribution in [1.29, 1.82) is 0 Å². The van der Waals surface area contributed by atoms with Crippen molar-refractivity contribution in [3.63, 3.8) is 0 Å². The van der Waals surface area contributed by atoms with Gasteiger partial charge in [0.05, 0.1) is 18.8 Å². The van der Waals surface area contributed by atoms with E-state index in [0.717, 1.165) is 25.2 Å². The van der Waals surface area contributed by atoms with Crippen LogP contribution in [0, 0.1) is 0 Å². The molecule has 1 saturated heterocycles. The van der Waals surface area contributed by atoms with Gasteiger partial charge in [0, 0.05) is 26.2 Å². The van der Waals surface area contributed by atoms with Crippen LogP contribution >= 0.6 is 0 Å². The Morgan fingerprint density at radius 1 is 1.29 bits per heavy atom. The summed E-state index contributed by atoms with van der Waals surface area (Å²) in [6, 6.07) is 8.21. The van der Waals surface area contributed by atoms with Crippen LogP contribution in [0.15, 0.2) is 24.3 Å². The molecule has 1 amide bonds. The van der Waals surface area contributed by atoms with Crippen LogP contribution in [0.5, 0.6) is 0 Å². The highest BCUT2D eigenvalue weighted by Gasteiger charge is 2.22. The van der Waals surface area contributed by atoms with Crippen molar-refractivity contribution in [1.82, 2.24) is 10.2 Å². The Kier molecular flexibility index (Phi) is 5.73. The number of nitrogens with zero attached hydrogens (tertiary/aromatic N) is 1. The Bertz CT molecular complexity index is 468. The van der Waals surface area contributed by atoms with E-state index in [1.165, 1.54) is 5.56 Å². The van der Waals surface area contributed by atoms with Crippen molar-refractivity contribution >= 4 is 5.91 Å². The molecule has 116 valence electrons. The van der Waals surface area contributed by atoms with Gasteiger partial charge in [-0.2, -0.15) is 0 Å². The molecule has 0 bridgehead atoms. The van der Waals surface area contributed by atoms with Gasteiger partial charge < -0.3 is 15.8 Å². The molecule has 1 aromatic rings. The molecule has 1 heterocycles. The summed E-state index contributed by atoms with van der Waals surface area (Å²) < 4.78 is 5.77. The Hall–Kier alpha value is -1.43. The standard InChI is InChI=1S/C16H25N3O2/c1-12-9-19(10-13(2)21-12)11-15-6-4-3-5-14(15)8-18-16(20)7-17/h3-6,12-13H,7-11,17H2,1-2H3,(H,18,20)/t12-,13-/m0/s1. The molecule has 0 aromatic heterocycles. The van der Waals surface area contributed by atoms with Crippen LogP contribution in [-0.2, 0) is 22.6 Å². The Morgan fingerprint density at radius 2 is 1.90 bits per heavy atom. The minimum absolute atomic E-state index is 0.0284. The summed E-state index contributed by atoms with van der Waals surface area (Å²) in [5, 5.41) is 2.84. The third-order valence-electron chi connectivity index (χ3n) is 3.67. The number of carbonyl (C=O) groups excluding carboxylic acids is 1. The van der Waals surface area contributed by atoms with E-state index >= 15 is 0 Å². The average molecular weight is 291 g/mol. The first kappa shape index (κ1) is 15.9. The van der Waals surface area contributed by atoms with Crippen LogP contribution in [0.3, 0.4) is 0 Å². The number of morpholine rings is 1. The van der Waals surface area contributed by atoms with Crippen LogP contribution < -0.4 is 11.1 Å². The highest BCUT2D eigenvalue weighted by atomic mass is 16.5. The molecule has 5 nitrogen and oxygen atoms in total. The number of nitrogens with one attached hydrogen (secondary N) is 1. The van der Waals surface area contributed by atoms with E-state index in [2.05, 4.69) is 36.2 Å². The van der Waals surface area contributed by atoms with E-state index < -0.39 is 0 Å². The van der Waals surface area contributed by atoms with Crippen molar-refractivity contribution in [2.24, 2.45) is 5.73 Å². The topological polar surface area (TPSA) is 67.6 Å². The van der Waals surface area contributed by atoms with E-state index in [1.54, 1.807) is 0 Å². The van der Waals surface area contributed by atoms with Gasteiger partial charge in [0.2, 0.25) is 5.91 Å². The monoisotopic (exact) mass is 291 g/mol. The van der Waals surface area contributed by atoms with E-state index in [0.29, 0.717) is 6.54 Å². The molecule has 1 aromatic carbocycles. The van der Waals surface area contributed by atoms with Crippen molar-refractivity contribution in [3.8, 4) is 0 Å². The number of rotatable bonds is 5. The zero-order valence-electron chi connectivity index (χ0n) is 12.8. The van der Waals surface area contributed by atoms with Gasteiger partial charge in [0.15, 0.2) is 0 Å². The number of amides is 1. The molecule has 0 radical (unpaired) electrons. The lowest BCUT2D eigenvalue weighted by Crippen LogP contribution is -2.45. The lowest BCUT2D eigenvalue weighted by atomic mass is 10.1. The van der Waals surface area contributed by atoms with Crippen LogP contribution in [0.1, 0.15) is 25.0 Å². The van der Waals surface area contributed by atoms with Crippen LogP contribution in [0.2, 0.25) is 0 Å². The highest BCUT2D eigenvalue weighted by Crippen LogP contribution is 2.16. The number of hydrogen-bond donors (Lipinski definition) is 2. The molecule has 1 aliphatic heterocycles. The lowest BCUT2D eigenvalue weighted by molar-refractivity contribution is -0.119. The number of nitrogens with two attached hydrogens (primary N) is 1. The van der Waals surface area contributed by atoms with Gasteiger partial charge in [-0.1, -0.05) is 24.3 Å². The summed E-state index contributed by atoms with van der Waals surface area (Å²) in [6.45, 7) is 7.53. The number of hydrogen-bond acceptors (Lipinski definition) is 4. The van der Waals surface area contributed by atoms with E-state index in [9.17, 15) is 4.79 Å². The quantitative estimate of drug-likeness (QED) is 0.845. The summed E-state index contributed by atoms with van der Waals surface area (Å²) in [5.74, 6) is -0.126. The fraction of sp³-hybridized carbons (Fsp3) is 0.562. The minimum Gasteiger partial charge on any atom is -0.373 e. The first-order valence-electron chi connectivity index (χ1n) is 7.50. The lowest BCUT2D eigenvalue weighted by Gasteiger charge is -2.35. The first-order valence-corrected chi connectivity index (χ1v) is 7.50. The Morgan fingerprint density at radius 3 is 2.52 bits per heavy atom. The molecule has 1 aliphatic rings. The molecule has 3 N–H and O–H groups in total. The second-order valence-electron chi connectivity index (χ2n) is 5.70. The predicted molar refractivity (Wildman–Crippen MR) is 82.6 cm³/mol. The number of carbonyl (C=O) groups is 1. The molecule has 2 atom stereocenters. The normalized spacial score (nSPS) is 23.0. The van der Waals surface area contributed by atoms with Crippen LogP contribution in [0.4, 0.5) is 0 Å².